The van der Waals surface area contributed by atoms with E-state index in [0.29, 0.717) is 43.8 Å². The van der Waals surface area contributed by atoms with E-state index in [1.807, 2.05) is 11.0 Å². The maximum atomic E-state index is 12.8. The Labute approximate surface area is 177 Å². The monoisotopic (exact) mass is 414 g/mol. The van der Waals surface area contributed by atoms with Crippen molar-refractivity contribution in [3.63, 3.8) is 0 Å². The van der Waals surface area contributed by atoms with Gasteiger partial charge in [0, 0.05) is 52.0 Å². The molecule has 3 amide bonds. The number of hydrogen-bond donors (Lipinski definition) is 1. The minimum atomic E-state index is -0.898. The van der Waals surface area contributed by atoms with E-state index in [1.165, 1.54) is 0 Å². The lowest BCUT2D eigenvalue weighted by Gasteiger charge is -2.38. The summed E-state index contributed by atoms with van der Waals surface area (Å²) in [7, 11) is 0. The SMILES string of the molecule is CCCN1CCN(C(=O)CN2CCC3(CCC2=O)NC(=O)c2ccccc2O3)CC1. The highest BCUT2D eigenvalue weighted by Gasteiger charge is 2.42. The van der Waals surface area contributed by atoms with E-state index in [9.17, 15) is 14.4 Å². The molecule has 162 valence electrons. The second-order valence-electron chi connectivity index (χ2n) is 8.33. The van der Waals surface area contributed by atoms with Gasteiger partial charge in [-0.25, -0.2) is 0 Å². The van der Waals surface area contributed by atoms with Gasteiger partial charge in [0.15, 0.2) is 5.72 Å². The fourth-order valence-electron chi connectivity index (χ4n) is 4.48. The molecular weight excluding hydrogens is 384 g/mol. The molecule has 1 aromatic carbocycles. The topological polar surface area (TPSA) is 82.2 Å². The minimum Gasteiger partial charge on any atom is -0.467 e. The Kier molecular flexibility index (Phi) is 5.94. The lowest BCUT2D eigenvalue weighted by atomic mass is 10.0. The molecule has 3 heterocycles. The Morgan fingerprint density at radius 1 is 1.10 bits per heavy atom. The summed E-state index contributed by atoms with van der Waals surface area (Å²) < 4.78 is 6.15. The molecule has 8 heteroatoms. The molecule has 4 rings (SSSR count). The number of hydrogen-bond acceptors (Lipinski definition) is 5. The average Bonchev–Trinajstić information content (AvgIpc) is 2.89. The Morgan fingerprint density at radius 3 is 2.63 bits per heavy atom. The van der Waals surface area contributed by atoms with Crippen LogP contribution in [0.1, 0.15) is 43.0 Å². The van der Waals surface area contributed by atoms with Gasteiger partial charge in [-0.05, 0) is 25.1 Å². The Hall–Kier alpha value is -2.61. The Morgan fingerprint density at radius 2 is 1.87 bits per heavy atom. The van der Waals surface area contributed by atoms with Crippen LogP contribution >= 0.6 is 0 Å². The van der Waals surface area contributed by atoms with Gasteiger partial charge >= 0.3 is 0 Å². The number of rotatable bonds is 4. The molecule has 2 saturated heterocycles. The van der Waals surface area contributed by atoms with Crippen LogP contribution in [0, 0.1) is 0 Å². The smallest absolute Gasteiger partial charge is 0.258 e. The zero-order chi connectivity index (χ0) is 21.1. The van der Waals surface area contributed by atoms with E-state index < -0.39 is 5.72 Å². The number of nitrogens with zero attached hydrogens (tertiary/aromatic N) is 3. The molecule has 1 atom stereocenters. The van der Waals surface area contributed by atoms with Gasteiger partial charge in [0.05, 0.1) is 12.1 Å². The van der Waals surface area contributed by atoms with Crippen molar-refractivity contribution in [2.75, 3.05) is 45.8 Å². The zero-order valence-corrected chi connectivity index (χ0v) is 17.6. The predicted molar refractivity (Wildman–Crippen MR) is 111 cm³/mol. The van der Waals surface area contributed by atoms with Crippen LogP contribution in [0.5, 0.6) is 5.75 Å². The fraction of sp³-hybridized carbons (Fsp3) is 0.591. The first-order valence-electron chi connectivity index (χ1n) is 10.9. The molecule has 0 saturated carbocycles. The number of benzene rings is 1. The summed E-state index contributed by atoms with van der Waals surface area (Å²) in [5.74, 6) is 0.290. The van der Waals surface area contributed by atoms with Crippen LogP contribution in [0.2, 0.25) is 0 Å². The van der Waals surface area contributed by atoms with Gasteiger partial charge in [-0.1, -0.05) is 19.1 Å². The molecule has 1 unspecified atom stereocenters. The minimum absolute atomic E-state index is 0.00519. The third-order valence-electron chi connectivity index (χ3n) is 6.25. The molecular formula is C22H30N4O4. The van der Waals surface area contributed by atoms with Crippen LogP contribution in [0.15, 0.2) is 24.3 Å². The fourth-order valence-corrected chi connectivity index (χ4v) is 4.48. The van der Waals surface area contributed by atoms with Crippen LogP contribution < -0.4 is 10.1 Å². The van der Waals surface area contributed by atoms with E-state index in [2.05, 4.69) is 17.1 Å². The molecule has 30 heavy (non-hydrogen) atoms. The van der Waals surface area contributed by atoms with Gasteiger partial charge in [0.1, 0.15) is 5.75 Å². The van der Waals surface area contributed by atoms with Crippen molar-refractivity contribution >= 4 is 17.7 Å². The van der Waals surface area contributed by atoms with Crippen molar-refractivity contribution in [1.29, 1.82) is 0 Å². The summed E-state index contributed by atoms with van der Waals surface area (Å²) in [5.41, 5.74) is -0.391. The number of piperazine rings is 1. The van der Waals surface area contributed by atoms with E-state index in [1.54, 1.807) is 23.1 Å². The third-order valence-corrected chi connectivity index (χ3v) is 6.25. The molecule has 2 fully saturated rings. The first-order valence-corrected chi connectivity index (χ1v) is 10.9. The molecule has 1 N–H and O–H groups in total. The molecule has 8 nitrogen and oxygen atoms in total. The van der Waals surface area contributed by atoms with Crippen molar-refractivity contribution in [3.05, 3.63) is 29.8 Å². The van der Waals surface area contributed by atoms with Crippen LogP contribution in [0.25, 0.3) is 0 Å². The van der Waals surface area contributed by atoms with E-state index >= 15 is 0 Å². The number of ether oxygens (including phenoxy) is 1. The summed E-state index contributed by atoms with van der Waals surface area (Å²) in [6.45, 7) is 6.87. The summed E-state index contributed by atoms with van der Waals surface area (Å²) in [4.78, 5) is 43.9. The molecule has 3 aliphatic rings. The lowest BCUT2D eigenvalue weighted by molar-refractivity contribution is -0.141. The predicted octanol–water partition coefficient (Wildman–Crippen LogP) is 1.07. The van der Waals surface area contributed by atoms with Gasteiger partial charge in [0.25, 0.3) is 5.91 Å². The van der Waals surface area contributed by atoms with E-state index in [0.717, 1.165) is 26.1 Å². The van der Waals surface area contributed by atoms with Crippen molar-refractivity contribution in [2.24, 2.45) is 0 Å². The van der Waals surface area contributed by atoms with Crippen LogP contribution in [0.3, 0.4) is 0 Å². The number of carbonyl (C=O) groups is 3. The van der Waals surface area contributed by atoms with Crippen molar-refractivity contribution in [3.8, 4) is 5.75 Å². The van der Waals surface area contributed by atoms with Gasteiger partial charge in [0.2, 0.25) is 11.8 Å². The standard InChI is InChI=1S/C22H30N4O4/c1-2-10-24-12-14-25(15-13-24)20(28)16-26-11-9-22(8-7-19(26)27)23-21(29)17-5-3-4-6-18(17)30-22/h3-6H,2,7-16H2,1H3,(H,23,29). The van der Waals surface area contributed by atoms with Crippen molar-refractivity contribution in [1.82, 2.24) is 20.0 Å². The quantitative estimate of drug-likeness (QED) is 0.797. The summed E-state index contributed by atoms with van der Waals surface area (Å²) in [5, 5.41) is 2.96. The summed E-state index contributed by atoms with van der Waals surface area (Å²) >= 11 is 0. The second-order valence-corrected chi connectivity index (χ2v) is 8.33. The number of likely N-dealkylation sites (tertiary alicyclic amines) is 1. The molecule has 0 bridgehead atoms. The Balaban J connectivity index is 1.37. The van der Waals surface area contributed by atoms with Gasteiger partial charge in [-0.3, -0.25) is 19.3 Å². The maximum absolute atomic E-state index is 12.8. The number of para-hydroxylation sites is 1. The van der Waals surface area contributed by atoms with Gasteiger partial charge < -0.3 is 19.9 Å². The highest BCUT2D eigenvalue weighted by molar-refractivity contribution is 5.98. The molecule has 0 aliphatic carbocycles. The van der Waals surface area contributed by atoms with Crippen LogP contribution in [-0.2, 0) is 9.59 Å². The average molecular weight is 415 g/mol. The van der Waals surface area contributed by atoms with Crippen molar-refractivity contribution < 1.29 is 19.1 Å². The van der Waals surface area contributed by atoms with E-state index in [4.69, 9.17) is 4.74 Å². The van der Waals surface area contributed by atoms with Crippen LogP contribution in [0.4, 0.5) is 0 Å². The summed E-state index contributed by atoms with van der Waals surface area (Å²) in [6, 6.07) is 7.14. The molecule has 1 spiro atoms. The highest BCUT2D eigenvalue weighted by Crippen LogP contribution is 2.33. The summed E-state index contributed by atoms with van der Waals surface area (Å²) in [6.07, 6.45) is 2.20. The number of carbonyl (C=O) groups excluding carboxylic acids is 3. The first-order chi connectivity index (χ1) is 14.5. The van der Waals surface area contributed by atoms with Gasteiger partial charge in [-0.15, -0.1) is 0 Å². The highest BCUT2D eigenvalue weighted by atomic mass is 16.5. The largest absolute Gasteiger partial charge is 0.467 e. The zero-order valence-electron chi connectivity index (χ0n) is 17.6. The number of amides is 3. The molecule has 1 aromatic rings. The Bertz CT molecular complexity index is 821. The van der Waals surface area contributed by atoms with E-state index in [-0.39, 0.29) is 30.7 Å². The lowest BCUT2D eigenvalue weighted by Crippen LogP contribution is -2.56. The number of fused-ring (bicyclic) bond motifs is 1. The molecule has 3 aliphatic heterocycles. The first kappa shape index (κ1) is 20.7. The van der Waals surface area contributed by atoms with Crippen LogP contribution in [-0.4, -0.2) is 84.0 Å². The maximum Gasteiger partial charge on any atom is 0.258 e. The van der Waals surface area contributed by atoms with Crippen molar-refractivity contribution in [2.45, 2.75) is 38.3 Å². The molecule has 0 aromatic heterocycles. The van der Waals surface area contributed by atoms with Gasteiger partial charge in [-0.2, -0.15) is 0 Å². The number of nitrogens with one attached hydrogen (secondary N) is 1. The third kappa shape index (κ3) is 4.28. The normalized spacial score (nSPS) is 24.8. The molecule has 0 radical (unpaired) electrons. The second kappa shape index (κ2) is 8.63.